The molecule has 3 aromatic rings. The second-order valence-electron chi connectivity index (χ2n) is 9.47. The van der Waals surface area contributed by atoms with Gasteiger partial charge in [-0.3, -0.25) is 9.20 Å². The molecule has 0 unspecified atom stereocenters. The number of carbonyl (C=O) groups is 1. The Kier molecular flexibility index (Phi) is 5.92. The lowest BCUT2D eigenvalue weighted by molar-refractivity contribution is -0.123. The van der Waals surface area contributed by atoms with Crippen LogP contribution in [0.1, 0.15) is 45.6 Å². The fraction of sp³-hybridized carbons (Fsp3) is 0.565. The zero-order valence-electron chi connectivity index (χ0n) is 19.6. The number of likely N-dealkylation sites (N-methyl/N-ethyl adjacent to an activating group) is 1. The lowest BCUT2D eigenvalue weighted by Crippen LogP contribution is -2.52. The van der Waals surface area contributed by atoms with Crippen molar-refractivity contribution in [1.29, 1.82) is 0 Å². The smallest absolute Gasteiger partial charge is 0.243 e. The van der Waals surface area contributed by atoms with Crippen molar-refractivity contribution in [3.63, 3.8) is 0 Å². The molecule has 0 spiro atoms. The summed E-state index contributed by atoms with van der Waals surface area (Å²) in [6, 6.07) is 4.18. The number of likely N-dealkylation sites (tertiary alicyclic amines) is 1. The highest BCUT2D eigenvalue weighted by molar-refractivity contribution is 5.85. The van der Waals surface area contributed by atoms with Gasteiger partial charge in [0.1, 0.15) is 11.7 Å². The number of hydrogen-bond donors (Lipinski definition) is 2. The van der Waals surface area contributed by atoms with E-state index in [9.17, 15) is 4.79 Å². The minimum absolute atomic E-state index is 0.0804. The highest BCUT2D eigenvalue weighted by Crippen LogP contribution is 2.26. The Balaban J connectivity index is 1.38. The number of anilines is 3. The number of rotatable bonds is 6. The Morgan fingerprint density at radius 2 is 2.03 bits per heavy atom. The molecular weight excluding hydrogens is 418 g/mol. The second-order valence-corrected chi connectivity index (χ2v) is 9.47. The number of fused-ring (bicyclic) bond motifs is 1. The zero-order chi connectivity index (χ0) is 22.9. The number of imidazole rings is 1. The molecule has 33 heavy (non-hydrogen) atoms. The number of carbonyl (C=O) groups excluding carboxylic acids is 1. The van der Waals surface area contributed by atoms with Crippen molar-refractivity contribution in [3.05, 3.63) is 30.9 Å². The van der Waals surface area contributed by atoms with Gasteiger partial charge in [-0.15, -0.1) is 0 Å². The van der Waals surface area contributed by atoms with Gasteiger partial charge >= 0.3 is 0 Å². The Labute approximate surface area is 194 Å². The predicted octanol–water partition coefficient (Wildman–Crippen LogP) is 2.43. The molecule has 10 heteroatoms. The lowest BCUT2D eigenvalue weighted by atomic mass is 10.1. The van der Waals surface area contributed by atoms with Crippen LogP contribution in [-0.2, 0) is 4.79 Å². The van der Waals surface area contributed by atoms with Crippen LogP contribution in [0.2, 0.25) is 0 Å². The third kappa shape index (κ3) is 4.52. The lowest BCUT2D eigenvalue weighted by Gasteiger charge is -2.32. The topological polar surface area (TPSA) is 95.6 Å². The van der Waals surface area contributed by atoms with Crippen LogP contribution in [0.3, 0.4) is 0 Å². The van der Waals surface area contributed by atoms with Crippen LogP contribution in [0.4, 0.5) is 17.7 Å². The summed E-state index contributed by atoms with van der Waals surface area (Å²) in [5, 5.41) is 6.61. The summed E-state index contributed by atoms with van der Waals surface area (Å²) < 4.78 is 3.95. The second kappa shape index (κ2) is 9.01. The number of amides is 1. The molecule has 2 saturated heterocycles. The molecule has 0 aromatic carbocycles. The minimum Gasteiger partial charge on any atom is -0.350 e. The van der Waals surface area contributed by atoms with Crippen LogP contribution >= 0.6 is 0 Å². The first kappa shape index (κ1) is 21.7. The van der Waals surface area contributed by atoms with Crippen LogP contribution in [0, 0.1) is 0 Å². The molecule has 2 fully saturated rings. The van der Waals surface area contributed by atoms with E-state index in [0.717, 1.165) is 56.8 Å². The average Bonchev–Trinajstić information content (AvgIpc) is 3.53. The van der Waals surface area contributed by atoms with Crippen molar-refractivity contribution in [3.8, 4) is 0 Å². The van der Waals surface area contributed by atoms with Gasteiger partial charge in [0.05, 0.1) is 6.33 Å². The average molecular weight is 452 g/mol. The van der Waals surface area contributed by atoms with Crippen LogP contribution in [0.5, 0.6) is 0 Å². The standard InChI is InChI=1S/C23H33N9O/c1-16(2)30-14-19(24-15-30)26-22-28-23(27-20-9-6-12-32(20)22)31-11-5-8-18(31)21(33)25-17-7-4-10-29(3)13-17/h6,9,12,14-18H,4-5,7-8,10-11,13H2,1-3H3,(H,25,33)(H,26,27,28)/t17-,18+/m1/s1. The summed E-state index contributed by atoms with van der Waals surface area (Å²) in [5.74, 6) is 2.01. The van der Waals surface area contributed by atoms with Gasteiger partial charge in [-0.05, 0) is 65.3 Å². The summed E-state index contributed by atoms with van der Waals surface area (Å²) in [4.78, 5) is 31.6. The molecule has 176 valence electrons. The van der Waals surface area contributed by atoms with Crippen molar-refractivity contribution in [2.24, 2.45) is 0 Å². The van der Waals surface area contributed by atoms with E-state index in [1.807, 2.05) is 44.7 Å². The van der Waals surface area contributed by atoms with Gasteiger partial charge in [0.25, 0.3) is 0 Å². The number of nitrogens with zero attached hydrogens (tertiary/aromatic N) is 7. The first-order chi connectivity index (χ1) is 16.0. The third-order valence-electron chi connectivity index (χ3n) is 6.60. The summed E-state index contributed by atoms with van der Waals surface area (Å²) in [5.41, 5.74) is 0.783. The van der Waals surface area contributed by atoms with E-state index in [1.165, 1.54) is 0 Å². The molecule has 2 atom stereocenters. The summed E-state index contributed by atoms with van der Waals surface area (Å²) in [6.45, 7) is 6.99. The summed E-state index contributed by atoms with van der Waals surface area (Å²) in [7, 11) is 2.11. The summed E-state index contributed by atoms with van der Waals surface area (Å²) >= 11 is 0. The van der Waals surface area contributed by atoms with Gasteiger partial charge in [0.2, 0.25) is 17.8 Å². The van der Waals surface area contributed by atoms with E-state index in [1.54, 1.807) is 0 Å². The van der Waals surface area contributed by atoms with Gasteiger partial charge in [-0.25, -0.2) is 4.98 Å². The first-order valence-electron chi connectivity index (χ1n) is 11.9. The monoisotopic (exact) mass is 451 g/mol. The van der Waals surface area contributed by atoms with Crippen molar-refractivity contribution in [1.82, 2.24) is 34.1 Å². The molecule has 3 aromatic heterocycles. The highest BCUT2D eigenvalue weighted by Gasteiger charge is 2.34. The quantitative estimate of drug-likeness (QED) is 0.594. The van der Waals surface area contributed by atoms with Gasteiger partial charge in [0, 0.05) is 37.6 Å². The Morgan fingerprint density at radius 3 is 2.82 bits per heavy atom. The Hall–Kier alpha value is -3.14. The van der Waals surface area contributed by atoms with Crippen molar-refractivity contribution in [2.45, 2.75) is 57.7 Å². The van der Waals surface area contributed by atoms with Crippen LogP contribution in [-0.4, -0.2) is 73.5 Å². The first-order valence-corrected chi connectivity index (χ1v) is 11.9. The normalized spacial score (nSPS) is 21.8. The largest absolute Gasteiger partial charge is 0.350 e. The summed E-state index contributed by atoms with van der Waals surface area (Å²) in [6.07, 6.45) is 9.61. The third-order valence-corrected chi connectivity index (χ3v) is 6.60. The number of aromatic nitrogens is 5. The fourth-order valence-electron chi connectivity index (χ4n) is 4.79. The van der Waals surface area contributed by atoms with Crippen LogP contribution < -0.4 is 15.5 Å². The molecule has 2 aliphatic rings. The van der Waals surface area contributed by atoms with E-state index in [2.05, 4.69) is 41.4 Å². The number of piperidine rings is 1. The van der Waals surface area contributed by atoms with Crippen LogP contribution in [0.25, 0.3) is 5.65 Å². The van der Waals surface area contributed by atoms with Crippen molar-refractivity contribution >= 4 is 29.3 Å². The predicted molar refractivity (Wildman–Crippen MR) is 128 cm³/mol. The molecule has 0 aliphatic carbocycles. The zero-order valence-corrected chi connectivity index (χ0v) is 19.6. The van der Waals surface area contributed by atoms with E-state index in [4.69, 9.17) is 9.97 Å². The number of hydrogen-bond acceptors (Lipinski definition) is 7. The Morgan fingerprint density at radius 1 is 1.18 bits per heavy atom. The maximum absolute atomic E-state index is 13.2. The molecule has 5 heterocycles. The highest BCUT2D eigenvalue weighted by atomic mass is 16.2. The molecule has 5 rings (SSSR count). The van der Waals surface area contributed by atoms with E-state index < -0.39 is 0 Å². The molecule has 0 bridgehead atoms. The maximum Gasteiger partial charge on any atom is 0.243 e. The van der Waals surface area contributed by atoms with E-state index in [0.29, 0.717) is 17.9 Å². The van der Waals surface area contributed by atoms with Crippen molar-refractivity contribution in [2.75, 3.05) is 36.9 Å². The molecule has 2 aliphatic heterocycles. The molecule has 0 radical (unpaired) electrons. The number of nitrogens with one attached hydrogen (secondary N) is 2. The van der Waals surface area contributed by atoms with Gasteiger partial charge in [-0.2, -0.15) is 9.97 Å². The van der Waals surface area contributed by atoms with Gasteiger partial charge in [0.15, 0.2) is 5.82 Å². The molecule has 10 nitrogen and oxygen atoms in total. The van der Waals surface area contributed by atoms with Crippen molar-refractivity contribution < 1.29 is 4.79 Å². The van der Waals surface area contributed by atoms with E-state index in [-0.39, 0.29) is 18.0 Å². The molecule has 1 amide bonds. The minimum atomic E-state index is -0.248. The van der Waals surface area contributed by atoms with Crippen LogP contribution in [0.15, 0.2) is 30.9 Å². The van der Waals surface area contributed by atoms with E-state index >= 15 is 0 Å². The fourth-order valence-corrected chi connectivity index (χ4v) is 4.79. The Bertz CT molecular complexity index is 1120. The molecular formula is C23H33N9O. The van der Waals surface area contributed by atoms with Gasteiger partial charge < -0.3 is 25.0 Å². The SMILES string of the molecule is CC(C)n1cnc(Nc2nc(N3CCC[C@H]3C(=O)N[C@@H]3CCCN(C)C3)nc3cccn23)c1. The molecule has 2 N–H and O–H groups in total. The van der Waals surface area contributed by atoms with Gasteiger partial charge in [-0.1, -0.05) is 0 Å². The maximum atomic E-state index is 13.2. The molecule has 0 saturated carbocycles.